The van der Waals surface area contributed by atoms with Crippen molar-refractivity contribution in [3.63, 3.8) is 0 Å². The molecule has 6 heteroatoms. The maximum absolute atomic E-state index is 10.9. The molecule has 1 atom stereocenters. The van der Waals surface area contributed by atoms with Gasteiger partial charge in [-0.15, -0.1) is 0 Å². The Morgan fingerprint density at radius 2 is 2.14 bits per heavy atom. The molecule has 1 fully saturated rings. The van der Waals surface area contributed by atoms with Crippen LogP contribution in [-0.2, 0) is 4.79 Å². The van der Waals surface area contributed by atoms with E-state index in [1.54, 1.807) is 18.2 Å². The van der Waals surface area contributed by atoms with E-state index in [0.29, 0.717) is 31.0 Å². The van der Waals surface area contributed by atoms with Gasteiger partial charge >= 0.3 is 5.97 Å². The number of nitrogens with zero attached hydrogens (tertiary/aromatic N) is 1. The third-order valence-electron chi connectivity index (χ3n) is 3.89. The number of carboxylic acids is 1. The maximum Gasteiger partial charge on any atom is 0.308 e. The molecule has 1 unspecified atom stereocenters. The second-order valence-electron chi connectivity index (χ2n) is 5.48. The number of carbonyl (C=O) groups is 1. The summed E-state index contributed by atoms with van der Waals surface area (Å²) in [4.78, 5) is 12.8. The van der Waals surface area contributed by atoms with E-state index in [-0.39, 0.29) is 11.7 Å². The van der Waals surface area contributed by atoms with E-state index in [0.717, 1.165) is 11.1 Å². The van der Waals surface area contributed by atoms with Gasteiger partial charge in [0.05, 0.1) is 17.4 Å². The summed E-state index contributed by atoms with van der Waals surface area (Å²) in [5, 5.41) is 18.6. The number of hydrogen-bond donors (Lipinski definition) is 4. The van der Waals surface area contributed by atoms with Gasteiger partial charge in [0.2, 0.25) is 0 Å². The lowest BCUT2D eigenvalue weighted by atomic mass is 10.1. The molecule has 0 radical (unpaired) electrons. The lowest BCUT2D eigenvalue weighted by Crippen LogP contribution is -2.26. The first kappa shape index (κ1) is 15.8. The van der Waals surface area contributed by atoms with E-state index in [1.165, 1.54) is 0 Å². The van der Waals surface area contributed by atoms with Crippen LogP contribution >= 0.6 is 0 Å². The summed E-state index contributed by atoms with van der Waals surface area (Å²) in [5.74, 6) is -0.542. The predicted molar refractivity (Wildman–Crippen MR) is 85.8 cm³/mol. The summed E-state index contributed by atoms with van der Waals surface area (Å²) < 4.78 is 0. The monoisotopic (exact) mass is 303 g/mol. The first-order valence-electron chi connectivity index (χ1n) is 7.09. The van der Waals surface area contributed by atoms with Crippen molar-refractivity contribution in [1.29, 1.82) is 0 Å². The quantitative estimate of drug-likeness (QED) is 0.381. The van der Waals surface area contributed by atoms with Gasteiger partial charge in [-0.1, -0.05) is 12.1 Å². The number of rotatable bonds is 4. The van der Waals surface area contributed by atoms with Gasteiger partial charge in [0.1, 0.15) is 5.75 Å². The second kappa shape index (κ2) is 6.43. The largest absolute Gasteiger partial charge is 0.506 e. The summed E-state index contributed by atoms with van der Waals surface area (Å²) >= 11 is 0. The zero-order valence-corrected chi connectivity index (χ0v) is 12.5. The number of phenols is 1. The highest BCUT2D eigenvalue weighted by molar-refractivity contribution is 5.71. The first-order chi connectivity index (χ1) is 10.4. The number of nitrogen functional groups attached to an aromatic ring is 1. The molecule has 0 amide bonds. The van der Waals surface area contributed by atoms with Crippen molar-refractivity contribution in [2.45, 2.75) is 13.3 Å². The van der Waals surface area contributed by atoms with Gasteiger partial charge in [0.25, 0.3) is 0 Å². The molecule has 0 bridgehead atoms. The zero-order valence-electron chi connectivity index (χ0n) is 12.5. The molecule has 1 aliphatic heterocycles. The number of aromatic hydroxyl groups is 1. The molecular formula is C16H21N3O3. The van der Waals surface area contributed by atoms with Gasteiger partial charge in [0, 0.05) is 13.1 Å². The fourth-order valence-electron chi connectivity index (χ4n) is 2.40. The molecule has 1 aliphatic rings. The Labute approximate surface area is 129 Å². The summed E-state index contributed by atoms with van der Waals surface area (Å²) in [6.07, 6.45) is 4.21. The van der Waals surface area contributed by atoms with Crippen molar-refractivity contribution in [3.8, 4) is 5.75 Å². The molecule has 1 saturated heterocycles. The standard InChI is InChI=1S/C16H21N3O3/c1-10(11-3-4-13(17)14(20)8-11)2-5-15(18)19-7-6-12(9-19)16(21)22/h2-5,8,12,20H,6-7,9,17-18H2,1H3,(H,21,22)/b10-2+,15-5+. The SMILES string of the molecule is C/C(=C\C=C(/N)N1CCC(C(=O)O)C1)c1ccc(N)c(O)c1. The summed E-state index contributed by atoms with van der Waals surface area (Å²) in [7, 11) is 0. The molecule has 0 saturated carbocycles. The van der Waals surface area contributed by atoms with Crippen LogP contribution in [0.2, 0.25) is 0 Å². The van der Waals surface area contributed by atoms with Crippen LogP contribution in [0.25, 0.3) is 5.57 Å². The fraction of sp³-hybridized carbons (Fsp3) is 0.312. The Morgan fingerprint density at radius 3 is 2.73 bits per heavy atom. The Hall–Kier alpha value is -2.63. The van der Waals surface area contributed by atoms with Gasteiger partial charge in [-0.2, -0.15) is 0 Å². The van der Waals surface area contributed by atoms with Gasteiger partial charge in [-0.3, -0.25) is 4.79 Å². The first-order valence-corrected chi connectivity index (χ1v) is 7.09. The topological polar surface area (TPSA) is 113 Å². The second-order valence-corrected chi connectivity index (χ2v) is 5.48. The average Bonchev–Trinajstić information content (AvgIpc) is 2.97. The molecule has 6 nitrogen and oxygen atoms in total. The van der Waals surface area contributed by atoms with E-state index in [1.807, 2.05) is 24.0 Å². The third kappa shape index (κ3) is 3.52. The van der Waals surface area contributed by atoms with Crippen molar-refractivity contribution in [1.82, 2.24) is 4.90 Å². The molecule has 0 spiro atoms. The molecule has 118 valence electrons. The van der Waals surface area contributed by atoms with E-state index in [2.05, 4.69) is 0 Å². The highest BCUT2D eigenvalue weighted by Crippen LogP contribution is 2.25. The van der Waals surface area contributed by atoms with E-state index < -0.39 is 5.97 Å². The summed E-state index contributed by atoms with van der Waals surface area (Å²) in [5.41, 5.74) is 13.7. The molecular weight excluding hydrogens is 282 g/mol. The Bertz CT molecular complexity index is 638. The number of benzene rings is 1. The van der Waals surface area contributed by atoms with Crippen LogP contribution in [0.5, 0.6) is 5.75 Å². The molecule has 22 heavy (non-hydrogen) atoms. The van der Waals surface area contributed by atoms with Crippen LogP contribution in [-0.4, -0.2) is 34.2 Å². The van der Waals surface area contributed by atoms with Crippen molar-refractivity contribution >= 4 is 17.2 Å². The molecule has 1 heterocycles. The molecule has 0 aliphatic carbocycles. The third-order valence-corrected chi connectivity index (χ3v) is 3.89. The lowest BCUT2D eigenvalue weighted by molar-refractivity contribution is -0.141. The van der Waals surface area contributed by atoms with Crippen molar-refractivity contribution < 1.29 is 15.0 Å². The Morgan fingerprint density at radius 1 is 1.41 bits per heavy atom. The number of anilines is 1. The van der Waals surface area contributed by atoms with Gasteiger partial charge in [-0.25, -0.2) is 0 Å². The Kier molecular flexibility index (Phi) is 4.60. The smallest absolute Gasteiger partial charge is 0.308 e. The van der Waals surface area contributed by atoms with Gasteiger partial charge in [-0.05, 0) is 42.7 Å². The van der Waals surface area contributed by atoms with Crippen LogP contribution in [0.4, 0.5) is 5.69 Å². The Balaban J connectivity index is 2.08. The number of aliphatic carboxylic acids is 1. The molecule has 1 aromatic carbocycles. The average molecular weight is 303 g/mol. The van der Waals surface area contributed by atoms with Crippen LogP contribution in [0, 0.1) is 5.92 Å². The maximum atomic E-state index is 10.9. The minimum atomic E-state index is -0.778. The molecule has 2 rings (SSSR count). The van der Waals surface area contributed by atoms with Gasteiger partial charge < -0.3 is 26.6 Å². The van der Waals surface area contributed by atoms with E-state index in [4.69, 9.17) is 16.6 Å². The van der Waals surface area contributed by atoms with E-state index >= 15 is 0 Å². The zero-order chi connectivity index (χ0) is 16.3. The van der Waals surface area contributed by atoms with Crippen molar-refractivity contribution in [2.75, 3.05) is 18.8 Å². The minimum Gasteiger partial charge on any atom is -0.506 e. The number of likely N-dealkylation sites (tertiary alicyclic amines) is 1. The molecule has 1 aromatic rings. The highest BCUT2D eigenvalue weighted by Gasteiger charge is 2.28. The van der Waals surface area contributed by atoms with Crippen molar-refractivity contribution in [3.05, 3.63) is 41.7 Å². The number of nitrogens with two attached hydrogens (primary N) is 2. The van der Waals surface area contributed by atoms with E-state index in [9.17, 15) is 9.90 Å². The van der Waals surface area contributed by atoms with Crippen LogP contribution in [0.15, 0.2) is 36.2 Å². The van der Waals surface area contributed by atoms with Crippen LogP contribution in [0.3, 0.4) is 0 Å². The van der Waals surface area contributed by atoms with Crippen LogP contribution < -0.4 is 11.5 Å². The molecule has 0 aromatic heterocycles. The number of carboxylic acid groups (broad SMARTS) is 1. The number of allylic oxidation sites excluding steroid dienone is 3. The minimum absolute atomic E-state index is 0.0473. The summed E-state index contributed by atoms with van der Waals surface area (Å²) in [6.45, 7) is 2.99. The predicted octanol–water partition coefficient (Wildman–Crippen LogP) is 1.58. The summed E-state index contributed by atoms with van der Waals surface area (Å²) in [6, 6.07) is 5.07. The number of hydrogen-bond acceptors (Lipinski definition) is 5. The van der Waals surface area contributed by atoms with Crippen LogP contribution in [0.1, 0.15) is 18.9 Å². The van der Waals surface area contributed by atoms with Gasteiger partial charge in [0.15, 0.2) is 0 Å². The molecule has 6 N–H and O–H groups in total. The fourth-order valence-corrected chi connectivity index (χ4v) is 2.40. The van der Waals surface area contributed by atoms with Crippen molar-refractivity contribution in [2.24, 2.45) is 11.7 Å². The highest BCUT2D eigenvalue weighted by atomic mass is 16.4. The normalized spacial score (nSPS) is 19.5. The number of phenolic OH excluding ortho intramolecular Hbond substituents is 1. The lowest BCUT2D eigenvalue weighted by Gasteiger charge is -2.17.